The minimum atomic E-state index is -0.0202. The molecule has 1 fully saturated rings. The summed E-state index contributed by atoms with van der Waals surface area (Å²) in [6, 6.07) is 0.137. The van der Waals surface area contributed by atoms with Crippen molar-refractivity contribution in [2.24, 2.45) is 0 Å². The largest absolute Gasteiger partial charge is 0.351 e. The molecule has 0 aliphatic carbocycles. The molecule has 4 heterocycles. The van der Waals surface area contributed by atoms with Gasteiger partial charge in [0.15, 0.2) is 5.13 Å². The number of aromatic nitrogens is 3. The fourth-order valence-electron chi connectivity index (χ4n) is 3.28. The van der Waals surface area contributed by atoms with Gasteiger partial charge in [-0.25, -0.2) is 9.97 Å². The van der Waals surface area contributed by atoms with E-state index >= 15 is 0 Å². The Morgan fingerprint density at radius 2 is 2.33 bits per heavy atom. The first-order valence-electron chi connectivity index (χ1n) is 8.23. The number of anilines is 1. The zero-order valence-corrected chi connectivity index (χ0v) is 14.1. The molecule has 1 N–H and O–H groups in total. The van der Waals surface area contributed by atoms with E-state index in [-0.39, 0.29) is 24.3 Å². The minimum absolute atomic E-state index is 0.0202. The molecule has 2 aromatic rings. The Labute approximate surface area is 143 Å². The first-order valence-corrected chi connectivity index (χ1v) is 9.11. The van der Waals surface area contributed by atoms with Crippen molar-refractivity contribution in [3.8, 4) is 0 Å². The summed E-state index contributed by atoms with van der Waals surface area (Å²) in [5.74, 6) is 1.19. The molecule has 4 rings (SSSR count). The van der Waals surface area contributed by atoms with E-state index in [2.05, 4.69) is 19.9 Å². The van der Waals surface area contributed by atoms with E-state index in [4.69, 9.17) is 0 Å². The third-order valence-electron chi connectivity index (χ3n) is 4.49. The lowest BCUT2D eigenvalue weighted by atomic mass is 10.1. The maximum absolute atomic E-state index is 12.3. The number of carbonyl (C=O) groups excluding carboxylic acids is 2. The van der Waals surface area contributed by atoms with Gasteiger partial charge in [-0.1, -0.05) is 0 Å². The smallest absolute Gasteiger partial charge is 0.228 e. The molecule has 2 aromatic heterocycles. The number of thiazole rings is 1. The van der Waals surface area contributed by atoms with Gasteiger partial charge in [0.2, 0.25) is 11.8 Å². The Balaban J connectivity index is 1.33. The normalized spacial score (nSPS) is 20.2. The summed E-state index contributed by atoms with van der Waals surface area (Å²) < 4.78 is 2.09. The van der Waals surface area contributed by atoms with Crippen LogP contribution in [0.1, 0.15) is 30.8 Å². The molecule has 0 aromatic carbocycles. The molecule has 1 saturated heterocycles. The van der Waals surface area contributed by atoms with Crippen LogP contribution in [-0.2, 0) is 29.0 Å². The van der Waals surface area contributed by atoms with Crippen molar-refractivity contribution in [1.82, 2.24) is 19.9 Å². The highest BCUT2D eigenvalue weighted by Gasteiger charge is 2.25. The highest BCUT2D eigenvalue weighted by molar-refractivity contribution is 7.14. The van der Waals surface area contributed by atoms with Crippen LogP contribution in [0.4, 0.5) is 5.13 Å². The van der Waals surface area contributed by atoms with Gasteiger partial charge in [-0.2, -0.15) is 0 Å². The Hall–Kier alpha value is -2.22. The van der Waals surface area contributed by atoms with Crippen molar-refractivity contribution in [3.05, 3.63) is 29.3 Å². The second-order valence-corrected chi connectivity index (χ2v) is 7.08. The van der Waals surface area contributed by atoms with Gasteiger partial charge >= 0.3 is 0 Å². The molecular formula is C16H19N5O2S. The third kappa shape index (κ3) is 3.06. The Bertz CT molecular complexity index is 768. The molecule has 1 atom stereocenters. The van der Waals surface area contributed by atoms with Crippen molar-refractivity contribution in [2.45, 2.75) is 44.7 Å². The highest BCUT2D eigenvalue weighted by Crippen LogP contribution is 2.25. The molecule has 2 amide bonds. The minimum Gasteiger partial charge on any atom is -0.351 e. The quantitative estimate of drug-likeness (QED) is 0.901. The lowest BCUT2D eigenvalue weighted by Crippen LogP contribution is -2.41. The second kappa shape index (κ2) is 6.35. The van der Waals surface area contributed by atoms with Crippen molar-refractivity contribution in [1.29, 1.82) is 0 Å². The van der Waals surface area contributed by atoms with Crippen LogP contribution in [0.2, 0.25) is 0 Å². The lowest BCUT2D eigenvalue weighted by Gasteiger charge is -2.24. The van der Waals surface area contributed by atoms with Crippen molar-refractivity contribution >= 4 is 28.3 Å². The fourth-order valence-corrected chi connectivity index (χ4v) is 4.15. The number of fused-ring (bicyclic) bond motifs is 1. The van der Waals surface area contributed by atoms with Crippen LogP contribution in [0, 0.1) is 0 Å². The summed E-state index contributed by atoms with van der Waals surface area (Å²) in [5.41, 5.74) is 0.728. The molecule has 0 saturated carbocycles. The Morgan fingerprint density at radius 1 is 1.42 bits per heavy atom. The zero-order valence-electron chi connectivity index (χ0n) is 13.3. The van der Waals surface area contributed by atoms with Crippen LogP contribution in [0.5, 0.6) is 0 Å². The van der Waals surface area contributed by atoms with Gasteiger partial charge in [-0.05, 0) is 12.8 Å². The van der Waals surface area contributed by atoms with Crippen molar-refractivity contribution in [2.75, 3.05) is 11.4 Å². The number of amides is 2. The van der Waals surface area contributed by atoms with Gasteiger partial charge in [0, 0.05) is 49.7 Å². The third-order valence-corrected chi connectivity index (χ3v) is 5.40. The van der Waals surface area contributed by atoms with Gasteiger partial charge < -0.3 is 9.88 Å². The van der Waals surface area contributed by atoms with Crippen LogP contribution in [0.15, 0.2) is 17.8 Å². The van der Waals surface area contributed by atoms with E-state index in [1.807, 2.05) is 11.6 Å². The molecule has 2 aliphatic heterocycles. The second-order valence-electron chi connectivity index (χ2n) is 6.25. The molecule has 0 unspecified atom stereocenters. The van der Waals surface area contributed by atoms with Crippen molar-refractivity contribution < 1.29 is 9.59 Å². The average molecular weight is 345 g/mol. The predicted octanol–water partition coefficient (Wildman–Crippen LogP) is 1.14. The molecule has 8 heteroatoms. The van der Waals surface area contributed by atoms with Crippen LogP contribution in [0.3, 0.4) is 0 Å². The van der Waals surface area contributed by atoms with E-state index < -0.39 is 0 Å². The molecule has 2 aliphatic rings. The molecule has 0 radical (unpaired) electrons. The van der Waals surface area contributed by atoms with Gasteiger partial charge in [-0.15, -0.1) is 11.3 Å². The van der Waals surface area contributed by atoms with Gasteiger partial charge in [0.1, 0.15) is 5.82 Å². The SMILES string of the molecule is O=C(Cc1csc(N2CCCC2=O)n1)N[C@H]1CCc2nccn2C1. The topological polar surface area (TPSA) is 80.1 Å². The number of aryl methyl sites for hydroxylation is 1. The molecule has 0 bridgehead atoms. The monoisotopic (exact) mass is 345 g/mol. The molecule has 7 nitrogen and oxygen atoms in total. The molecule has 126 valence electrons. The molecular weight excluding hydrogens is 326 g/mol. The van der Waals surface area contributed by atoms with Crippen LogP contribution in [-0.4, -0.2) is 38.9 Å². The van der Waals surface area contributed by atoms with Gasteiger partial charge in [0.25, 0.3) is 0 Å². The number of hydrogen-bond donors (Lipinski definition) is 1. The standard InChI is InChI=1S/C16H19N5O2S/c22-14(18-11-3-4-13-17-5-7-20(13)9-11)8-12-10-24-16(19-12)21-6-1-2-15(21)23/h5,7,10-11H,1-4,6,8-9H2,(H,18,22)/t11-/m0/s1. The Kier molecular flexibility index (Phi) is 4.05. The van der Waals surface area contributed by atoms with Crippen LogP contribution >= 0.6 is 11.3 Å². The number of rotatable bonds is 4. The summed E-state index contributed by atoms with van der Waals surface area (Å²) in [6.45, 7) is 1.50. The van der Waals surface area contributed by atoms with Crippen molar-refractivity contribution in [3.63, 3.8) is 0 Å². The lowest BCUT2D eigenvalue weighted by molar-refractivity contribution is -0.121. The average Bonchev–Trinajstić information content (AvgIpc) is 3.27. The number of hydrogen-bond acceptors (Lipinski definition) is 5. The van der Waals surface area contributed by atoms with E-state index in [9.17, 15) is 9.59 Å². The fraction of sp³-hybridized carbons (Fsp3) is 0.500. The first-order chi connectivity index (χ1) is 11.7. The zero-order chi connectivity index (χ0) is 16.5. The van der Waals surface area contributed by atoms with Gasteiger partial charge in [-0.3, -0.25) is 14.5 Å². The summed E-state index contributed by atoms with van der Waals surface area (Å²) in [5, 5.41) is 5.66. The van der Waals surface area contributed by atoms with E-state index in [0.29, 0.717) is 11.6 Å². The number of nitrogens with zero attached hydrogens (tertiary/aromatic N) is 4. The highest BCUT2D eigenvalue weighted by atomic mass is 32.1. The Morgan fingerprint density at radius 3 is 3.17 bits per heavy atom. The van der Waals surface area contributed by atoms with E-state index in [1.165, 1.54) is 11.3 Å². The summed E-state index contributed by atoms with van der Waals surface area (Å²) in [6.07, 6.45) is 7.28. The first kappa shape index (κ1) is 15.3. The summed E-state index contributed by atoms with van der Waals surface area (Å²) >= 11 is 1.43. The van der Waals surface area contributed by atoms with E-state index in [1.54, 1.807) is 11.1 Å². The molecule has 0 spiro atoms. The van der Waals surface area contributed by atoms with Crippen LogP contribution < -0.4 is 10.2 Å². The number of nitrogens with one attached hydrogen (secondary N) is 1. The number of imidazole rings is 1. The summed E-state index contributed by atoms with van der Waals surface area (Å²) in [7, 11) is 0. The number of carbonyl (C=O) groups is 2. The summed E-state index contributed by atoms with van der Waals surface area (Å²) in [4.78, 5) is 34.5. The maximum Gasteiger partial charge on any atom is 0.228 e. The molecule has 24 heavy (non-hydrogen) atoms. The van der Waals surface area contributed by atoms with Crippen LogP contribution in [0.25, 0.3) is 0 Å². The van der Waals surface area contributed by atoms with E-state index in [0.717, 1.165) is 43.9 Å². The predicted molar refractivity (Wildman–Crippen MR) is 89.9 cm³/mol. The maximum atomic E-state index is 12.3. The van der Waals surface area contributed by atoms with Gasteiger partial charge in [0.05, 0.1) is 12.1 Å².